The number of nitrogens with zero attached hydrogens (tertiary/aromatic N) is 1. The first-order valence-corrected chi connectivity index (χ1v) is 10.3. The van der Waals surface area contributed by atoms with Gasteiger partial charge in [-0.2, -0.15) is 0 Å². The van der Waals surface area contributed by atoms with Gasteiger partial charge in [-0.15, -0.1) is 11.8 Å². The van der Waals surface area contributed by atoms with Crippen LogP contribution in [-0.2, 0) is 4.79 Å². The lowest BCUT2D eigenvalue weighted by Crippen LogP contribution is -2.47. The van der Waals surface area contributed by atoms with Crippen molar-refractivity contribution in [3.05, 3.63) is 52.9 Å². The van der Waals surface area contributed by atoms with Crippen LogP contribution >= 0.6 is 27.7 Å². The zero-order valence-corrected chi connectivity index (χ0v) is 16.9. The van der Waals surface area contributed by atoms with Crippen molar-refractivity contribution in [3.8, 4) is 0 Å². The van der Waals surface area contributed by atoms with E-state index in [4.69, 9.17) is 4.42 Å². The van der Waals surface area contributed by atoms with Crippen LogP contribution in [0.15, 0.2) is 56.4 Å². The van der Waals surface area contributed by atoms with Gasteiger partial charge in [-0.25, -0.2) is 0 Å². The molecule has 138 valence electrons. The van der Waals surface area contributed by atoms with Crippen molar-refractivity contribution in [2.45, 2.75) is 36.0 Å². The highest BCUT2D eigenvalue weighted by Gasteiger charge is 2.35. The van der Waals surface area contributed by atoms with Gasteiger partial charge in [-0.1, -0.05) is 22.9 Å². The Hall–Kier alpha value is -1.73. The molecule has 5 nitrogen and oxygen atoms in total. The summed E-state index contributed by atoms with van der Waals surface area (Å²) in [6.45, 7) is 3.22. The SMILES string of the molecule is CC(CNC(=O)C1CCCN1C(=O)c1ccco1)Sc1ccc(Br)cc1. The Kier molecular flexibility index (Phi) is 6.43. The topological polar surface area (TPSA) is 62.6 Å². The number of halogens is 1. The van der Waals surface area contributed by atoms with E-state index in [-0.39, 0.29) is 22.8 Å². The average Bonchev–Trinajstić information content (AvgIpc) is 3.33. The van der Waals surface area contributed by atoms with Gasteiger partial charge in [-0.05, 0) is 49.2 Å². The number of rotatable bonds is 6. The van der Waals surface area contributed by atoms with Crippen molar-refractivity contribution in [3.63, 3.8) is 0 Å². The number of amides is 2. The Morgan fingerprint density at radius 1 is 1.35 bits per heavy atom. The van der Waals surface area contributed by atoms with E-state index in [2.05, 4.69) is 28.2 Å². The average molecular weight is 437 g/mol. The van der Waals surface area contributed by atoms with E-state index < -0.39 is 6.04 Å². The summed E-state index contributed by atoms with van der Waals surface area (Å²) in [5.41, 5.74) is 0. The predicted octanol–water partition coefficient (Wildman–Crippen LogP) is 3.94. The first kappa shape index (κ1) is 19.0. The van der Waals surface area contributed by atoms with E-state index >= 15 is 0 Å². The minimum absolute atomic E-state index is 0.0920. The monoisotopic (exact) mass is 436 g/mol. The molecule has 1 aliphatic rings. The molecule has 0 saturated carbocycles. The second-order valence-electron chi connectivity index (χ2n) is 6.26. The Labute approximate surface area is 165 Å². The fraction of sp³-hybridized carbons (Fsp3) is 0.368. The van der Waals surface area contributed by atoms with Crippen LogP contribution in [0.3, 0.4) is 0 Å². The van der Waals surface area contributed by atoms with Crippen LogP contribution in [0.25, 0.3) is 0 Å². The maximum Gasteiger partial charge on any atom is 0.290 e. The molecule has 1 saturated heterocycles. The van der Waals surface area contributed by atoms with Gasteiger partial charge in [0.15, 0.2) is 5.76 Å². The van der Waals surface area contributed by atoms with Crippen molar-refractivity contribution in [1.29, 1.82) is 0 Å². The molecule has 2 amide bonds. The molecule has 1 aromatic heterocycles. The molecule has 1 N–H and O–H groups in total. The van der Waals surface area contributed by atoms with Gasteiger partial charge in [0.05, 0.1) is 6.26 Å². The Morgan fingerprint density at radius 3 is 2.81 bits per heavy atom. The Balaban J connectivity index is 1.52. The number of carbonyl (C=O) groups is 2. The number of benzene rings is 1. The summed E-state index contributed by atoms with van der Waals surface area (Å²) in [5, 5.41) is 3.22. The molecule has 1 aliphatic heterocycles. The molecule has 0 bridgehead atoms. The first-order valence-electron chi connectivity index (χ1n) is 8.59. The van der Waals surface area contributed by atoms with Gasteiger partial charge in [0, 0.05) is 27.7 Å². The molecule has 7 heteroatoms. The lowest BCUT2D eigenvalue weighted by atomic mass is 10.2. The van der Waals surface area contributed by atoms with E-state index in [0.717, 1.165) is 15.8 Å². The number of likely N-dealkylation sites (tertiary alicyclic amines) is 1. The molecule has 0 aliphatic carbocycles. The lowest BCUT2D eigenvalue weighted by Gasteiger charge is -2.23. The molecule has 1 fully saturated rings. The van der Waals surface area contributed by atoms with Crippen LogP contribution in [0.2, 0.25) is 0 Å². The second-order valence-corrected chi connectivity index (χ2v) is 8.69. The smallest absolute Gasteiger partial charge is 0.290 e. The standard InChI is InChI=1S/C19H21BrN2O3S/c1-13(26-15-8-6-14(20)7-9-15)12-21-18(23)16-4-2-10-22(16)19(24)17-5-3-11-25-17/h3,5-9,11,13,16H,2,4,10,12H2,1H3,(H,21,23). The third kappa shape index (κ3) is 4.71. The van der Waals surface area contributed by atoms with E-state index in [1.807, 2.05) is 24.3 Å². The number of thioether (sulfide) groups is 1. The van der Waals surface area contributed by atoms with Crippen LogP contribution in [0.4, 0.5) is 0 Å². The molecule has 2 heterocycles. The number of carbonyl (C=O) groups excluding carboxylic acids is 2. The highest BCUT2D eigenvalue weighted by atomic mass is 79.9. The summed E-state index contributed by atoms with van der Waals surface area (Å²) in [6.07, 6.45) is 2.99. The van der Waals surface area contributed by atoms with Crippen LogP contribution in [0.1, 0.15) is 30.3 Å². The van der Waals surface area contributed by atoms with E-state index in [1.165, 1.54) is 6.26 Å². The number of hydrogen-bond donors (Lipinski definition) is 1. The quantitative estimate of drug-likeness (QED) is 0.696. The summed E-state index contributed by atoms with van der Waals surface area (Å²) >= 11 is 5.14. The highest BCUT2D eigenvalue weighted by molar-refractivity contribution is 9.10. The molecule has 0 radical (unpaired) electrons. The predicted molar refractivity (Wildman–Crippen MR) is 105 cm³/mol. The van der Waals surface area contributed by atoms with Crippen molar-refractivity contribution >= 4 is 39.5 Å². The Morgan fingerprint density at radius 2 is 2.12 bits per heavy atom. The van der Waals surface area contributed by atoms with Gasteiger partial charge in [0.1, 0.15) is 6.04 Å². The molecule has 2 unspecified atom stereocenters. The highest BCUT2D eigenvalue weighted by Crippen LogP contribution is 2.25. The summed E-state index contributed by atoms with van der Waals surface area (Å²) in [6, 6.07) is 11.0. The molecular weight excluding hydrogens is 416 g/mol. The van der Waals surface area contributed by atoms with Crippen LogP contribution in [-0.4, -0.2) is 41.1 Å². The molecule has 0 spiro atoms. The van der Waals surface area contributed by atoms with Crippen molar-refractivity contribution in [2.24, 2.45) is 0 Å². The van der Waals surface area contributed by atoms with Crippen molar-refractivity contribution < 1.29 is 14.0 Å². The molecule has 2 atom stereocenters. The van der Waals surface area contributed by atoms with Crippen LogP contribution in [0, 0.1) is 0 Å². The fourth-order valence-electron chi connectivity index (χ4n) is 2.97. The van der Waals surface area contributed by atoms with E-state index in [1.54, 1.807) is 28.8 Å². The van der Waals surface area contributed by atoms with Gasteiger partial charge >= 0.3 is 0 Å². The van der Waals surface area contributed by atoms with Gasteiger partial charge in [0.25, 0.3) is 5.91 Å². The minimum atomic E-state index is -0.419. The number of hydrogen-bond acceptors (Lipinski definition) is 4. The zero-order chi connectivity index (χ0) is 18.5. The maximum atomic E-state index is 12.6. The zero-order valence-electron chi connectivity index (χ0n) is 14.5. The second kappa shape index (κ2) is 8.77. The van der Waals surface area contributed by atoms with Crippen LogP contribution in [0.5, 0.6) is 0 Å². The third-order valence-electron chi connectivity index (χ3n) is 4.26. The molecule has 26 heavy (non-hydrogen) atoms. The molecule has 1 aromatic carbocycles. The number of furan rings is 1. The molecule has 2 aromatic rings. The fourth-order valence-corrected chi connectivity index (χ4v) is 4.16. The summed E-state index contributed by atoms with van der Waals surface area (Å²) < 4.78 is 6.23. The first-order chi connectivity index (χ1) is 12.5. The summed E-state index contributed by atoms with van der Waals surface area (Å²) in [7, 11) is 0. The van der Waals surface area contributed by atoms with Crippen molar-refractivity contribution in [1.82, 2.24) is 10.2 Å². The Bertz CT molecular complexity index is 749. The maximum absolute atomic E-state index is 12.6. The third-order valence-corrected chi connectivity index (χ3v) is 5.90. The van der Waals surface area contributed by atoms with Crippen LogP contribution < -0.4 is 5.32 Å². The summed E-state index contributed by atoms with van der Waals surface area (Å²) in [5.74, 6) is -0.0283. The summed E-state index contributed by atoms with van der Waals surface area (Å²) in [4.78, 5) is 27.8. The van der Waals surface area contributed by atoms with Gasteiger partial charge < -0.3 is 14.6 Å². The molecular formula is C19H21BrN2O3S. The number of nitrogens with one attached hydrogen (secondary N) is 1. The largest absolute Gasteiger partial charge is 0.459 e. The van der Waals surface area contributed by atoms with Gasteiger partial charge in [0.2, 0.25) is 5.91 Å². The van der Waals surface area contributed by atoms with E-state index in [0.29, 0.717) is 19.5 Å². The normalized spacial score (nSPS) is 17.9. The van der Waals surface area contributed by atoms with Gasteiger partial charge in [-0.3, -0.25) is 9.59 Å². The molecule has 3 rings (SSSR count). The lowest BCUT2D eigenvalue weighted by molar-refractivity contribution is -0.124. The minimum Gasteiger partial charge on any atom is -0.459 e. The van der Waals surface area contributed by atoms with E-state index in [9.17, 15) is 9.59 Å². The van der Waals surface area contributed by atoms with Crippen molar-refractivity contribution in [2.75, 3.05) is 13.1 Å².